The largest absolute Gasteiger partial charge is 0.486 e. The Labute approximate surface area is 82.6 Å². The summed E-state index contributed by atoms with van der Waals surface area (Å²) in [4.78, 5) is 0. The Kier molecular flexibility index (Phi) is 2.41. The molecule has 14 heavy (non-hydrogen) atoms. The van der Waals surface area contributed by atoms with Crippen molar-refractivity contribution in [1.82, 2.24) is 0 Å². The highest BCUT2D eigenvalue weighted by molar-refractivity contribution is 5.44. The van der Waals surface area contributed by atoms with Gasteiger partial charge in [-0.2, -0.15) is 0 Å². The van der Waals surface area contributed by atoms with Crippen molar-refractivity contribution in [3.63, 3.8) is 0 Å². The van der Waals surface area contributed by atoms with Gasteiger partial charge < -0.3 is 14.6 Å². The molecule has 2 rings (SSSR count). The number of fused-ring (bicyclic) bond motifs is 1. The Bertz CT molecular complexity index is 346. The van der Waals surface area contributed by atoms with Gasteiger partial charge in [0.25, 0.3) is 0 Å². The monoisotopic (exact) mass is 192 g/mol. The molecule has 1 unspecified atom stereocenters. The Morgan fingerprint density at radius 3 is 2.71 bits per heavy atom. The fourth-order valence-corrected chi connectivity index (χ4v) is 1.38. The van der Waals surface area contributed by atoms with E-state index in [4.69, 9.17) is 9.47 Å². The maximum absolute atomic E-state index is 9.52. The molecule has 0 fully saturated rings. The van der Waals surface area contributed by atoms with Crippen LogP contribution >= 0.6 is 0 Å². The van der Waals surface area contributed by atoms with Crippen molar-refractivity contribution in [2.45, 2.75) is 6.10 Å². The Hall–Kier alpha value is -1.48. The van der Waals surface area contributed by atoms with E-state index in [2.05, 4.69) is 6.58 Å². The van der Waals surface area contributed by atoms with Crippen LogP contribution in [0.5, 0.6) is 11.5 Å². The Morgan fingerprint density at radius 1 is 1.29 bits per heavy atom. The van der Waals surface area contributed by atoms with E-state index >= 15 is 0 Å². The van der Waals surface area contributed by atoms with Crippen molar-refractivity contribution in [3.8, 4) is 11.5 Å². The van der Waals surface area contributed by atoms with E-state index in [9.17, 15) is 5.11 Å². The number of rotatable bonds is 2. The lowest BCUT2D eigenvalue weighted by Gasteiger charge is -2.19. The molecule has 1 heterocycles. The Balaban J connectivity index is 2.33. The van der Waals surface area contributed by atoms with Crippen LogP contribution in [0, 0.1) is 0 Å². The molecule has 1 aliphatic heterocycles. The van der Waals surface area contributed by atoms with Crippen LogP contribution in [-0.2, 0) is 0 Å². The zero-order chi connectivity index (χ0) is 9.97. The maximum Gasteiger partial charge on any atom is 0.161 e. The summed E-state index contributed by atoms with van der Waals surface area (Å²) < 4.78 is 10.7. The fourth-order valence-electron chi connectivity index (χ4n) is 1.38. The molecule has 0 aliphatic carbocycles. The van der Waals surface area contributed by atoms with Gasteiger partial charge in [-0.15, -0.1) is 6.58 Å². The summed E-state index contributed by atoms with van der Waals surface area (Å²) in [7, 11) is 0. The number of ether oxygens (including phenoxy) is 2. The van der Waals surface area contributed by atoms with E-state index in [0.717, 1.165) is 11.3 Å². The van der Waals surface area contributed by atoms with Crippen molar-refractivity contribution >= 4 is 0 Å². The van der Waals surface area contributed by atoms with Crippen LogP contribution in [0.2, 0.25) is 0 Å². The number of aliphatic hydroxyl groups is 1. The normalized spacial score (nSPS) is 16.1. The first-order valence-electron chi connectivity index (χ1n) is 4.51. The molecule has 0 saturated heterocycles. The molecule has 3 heteroatoms. The molecule has 74 valence electrons. The number of hydrogen-bond donors (Lipinski definition) is 1. The lowest BCUT2D eigenvalue weighted by Crippen LogP contribution is -2.15. The van der Waals surface area contributed by atoms with Crippen LogP contribution in [0.15, 0.2) is 30.9 Å². The summed E-state index contributed by atoms with van der Waals surface area (Å²) in [6.07, 6.45) is 0.830. The molecule has 0 aromatic heterocycles. The average molecular weight is 192 g/mol. The summed E-state index contributed by atoms with van der Waals surface area (Å²) in [5.41, 5.74) is 0.768. The summed E-state index contributed by atoms with van der Waals surface area (Å²) in [5.74, 6) is 1.42. The molecule has 1 atom stereocenters. The van der Waals surface area contributed by atoms with Crippen LogP contribution in [0.3, 0.4) is 0 Å². The van der Waals surface area contributed by atoms with Crippen molar-refractivity contribution in [3.05, 3.63) is 36.4 Å². The third kappa shape index (κ3) is 1.59. The second-order valence-electron chi connectivity index (χ2n) is 3.08. The first kappa shape index (κ1) is 9.09. The van der Waals surface area contributed by atoms with Crippen LogP contribution < -0.4 is 9.47 Å². The van der Waals surface area contributed by atoms with E-state index in [1.807, 2.05) is 0 Å². The van der Waals surface area contributed by atoms with Gasteiger partial charge in [-0.05, 0) is 17.7 Å². The molecule has 1 aromatic carbocycles. The van der Waals surface area contributed by atoms with Crippen molar-refractivity contribution in [2.75, 3.05) is 13.2 Å². The van der Waals surface area contributed by atoms with Gasteiger partial charge in [0, 0.05) is 0 Å². The number of aliphatic hydroxyl groups excluding tert-OH is 1. The van der Waals surface area contributed by atoms with Gasteiger partial charge >= 0.3 is 0 Å². The molecule has 1 N–H and O–H groups in total. The van der Waals surface area contributed by atoms with Gasteiger partial charge in [-0.1, -0.05) is 12.1 Å². The van der Waals surface area contributed by atoms with Crippen LogP contribution in [0.25, 0.3) is 0 Å². The van der Waals surface area contributed by atoms with Gasteiger partial charge in [-0.3, -0.25) is 0 Å². The minimum Gasteiger partial charge on any atom is -0.486 e. The highest BCUT2D eigenvalue weighted by Gasteiger charge is 2.13. The van der Waals surface area contributed by atoms with E-state index in [0.29, 0.717) is 19.0 Å². The lowest BCUT2D eigenvalue weighted by molar-refractivity contribution is 0.170. The topological polar surface area (TPSA) is 38.7 Å². The van der Waals surface area contributed by atoms with Crippen molar-refractivity contribution < 1.29 is 14.6 Å². The van der Waals surface area contributed by atoms with Gasteiger partial charge in [0.05, 0.1) is 6.10 Å². The van der Waals surface area contributed by atoms with Gasteiger partial charge in [-0.25, -0.2) is 0 Å². The second-order valence-corrected chi connectivity index (χ2v) is 3.08. The predicted octanol–water partition coefficient (Wildman–Crippen LogP) is 1.68. The van der Waals surface area contributed by atoms with Gasteiger partial charge in [0.1, 0.15) is 13.2 Å². The zero-order valence-corrected chi connectivity index (χ0v) is 7.77. The van der Waals surface area contributed by atoms with Crippen LogP contribution in [0.1, 0.15) is 11.7 Å². The first-order valence-corrected chi connectivity index (χ1v) is 4.51. The summed E-state index contributed by atoms with van der Waals surface area (Å²) >= 11 is 0. The second kappa shape index (κ2) is 3.72. The zero-order valence-electron chi connectivity index (χ0n) is 7.77. The molecule has 0 radical (unpaired) electrons. The highest BCUT2D eigenvalue weighted by atomic mass is 16.6. The molecule has 3 nitrogen and oxygen atoms in total. The quantitative estimate of drug-likeness (QED) is 0.724. The van der Waals surface area contributed by atoms with E-state index < -0.39 is 6.10 Å². The van der Waals surface area contributed by atoms with Gasteiger partial charge in [0.2, 0.25) is 0 Å². The standard InChI is InChI=1S/C11H12O3/c1-2-9(12)8-3-4-10-11(7-8)14-6-5-13-10/h2-4,7,9,12H,1,5-6H2. The third-order valence-electron chi connectivity index (χ3n) is 2.13. The summed E-state index contributed by atoms with van der Waals surface area (Å²) in [6, 6.07) is 5.39. The predicted molar refractivity (Wildman–Crippen MR) is 52.6 cm³/mol. The van der Waals surface area contributed by atoms with Crippen LogP contribution in [-0.4, -0.2) is 18.3 Å². The highest BCUT2D eigenvalue weighted by Crippen LogP contribution is 2.32. The molecular weight excluding hydrogens is 180 g/mol. The van der Waals surface area contributed by atoms with Crippen molar-refractivity contribution in [1.29, 1.82) is 0 Å². The lowest BCUT2D eigenvalue weighted by atomic mass is 10.1. The first-order chi connectivity index (χ1) is 6.81. The van der Waals surface area contributed by atoms with Crippen LogP contribution in [0.4, 0.5) is 0 Å². The molecule has 1 aromatic rings. The summed E-state index contributed by atoms with van der Waals surface area (Å²) in [6.45, 7) is 4.66. The number of hydrogen-bond acceptors (Lipinski definition) is 3. The van der Waals surface area contributed by atoms with E-state index in [-0.39, 0.29) is 0 Å². The SMILES string of the molecule is C=CC(O)c1ccc2c(c1)OCCO2. The molecule has 0 bridgehead atoms. The van der Waals surface area contributed by atoms with E-state index in [1.54, 1.807) is 18.2 Å². The van der Waals surface area contributed by atoms with Gasteiger partial charge in [0.15, 0.2) is 11.5 Å². The molecule has 1 aliphatic rings. The maximum atomic E-state index is 9.52. The minimum atomic E-state index is -0.647. The molecular formula is C11H12O3. The Morgan fingerprint density at radius 2 is 2.00 bits per heavy atom. The summed E-state index contributed by atoms with van der Waals surface area (Å²) in [5, 5.41) is 9.52. The minimum absolute atomic E-state index is 0.556. The smallest absolute Gasteiger partial charge is 0.161 e. The molecule has 0 spiro atoms. The fraction of sp³-hybridized carbons (Fsp3) is 0.273. The van der Waals surface area contributed by atoms with E-state index in [1.165, 1.54) is 6.08 Å². The average Bonchev–Trinajstić information content (AvgIpc) is 2.27. The molecule has 0 saturated carbocycles. The van der Waals surface area contributed by atoms with Crippen molar-refractivity contribution in [2.24, 2.45) is 0 Å². The third-order valence-corrected chi connectivity index (χ3v) is 2.13. The number of benzene rings is 1. The molecule has 0 amide bonds.